The summed E-state index contributed by atoms with van der Waals surface area (Å²) in [6.07, 6.45) is 4.53. The van der Waals surface area contributed by atoms with Gasteiger partial charge in [0.05, 0.1) is 6.61 Å². The molecule has 0 unspecified atom stereocenters. The zero-order valence-corrected chi connectivity index (χ0v) is 14.2. The number of ether oxygens (including phenoxy) is 1. The van der Waals surface area contributed by atoms with Crippen LogP contribution in [0.25, 0.3) is 11.4 Å². The molecule has 3 rings (SSSR count). The fourth-order valence-corrected chi connectivity index (χ4v) is 3.09. The number of thioether (sulfide) groups is 1. The molecule has 24 heavy (non-hydrogen) atoms. The number of nitrogens with two attached hydrogens (primary N) is 1. The van der Waals surface area contributed by atoms with Crippen molar-refractivity contribution in [3.8, 4) is 17.1 Å². The monoisotopic (exact) mass is 341 g/mol. The minimum absolute atomic E-state index is 0.643. The first-order valence-corrected chi connectivity index (χ1v) is 8.72. The summed E-state index contributed by atoms with van der Waals surface area (Å²) in [4.78, 5) is 4.02. The summed E-state index contributed by atoms with van der Waals surface area (Å²) in [6, 6.07) is 11.7. The zero-order valence-electron chi connectivity index (χ0n) is 13.4. The highest BCUT2D eigenvalue weighted by molar-refractivity contribution is 7.99. The van der Waals surface area contributed by atoms with E-state index < -0.39 is 0 Å². The molecule has 0 radical (unpaired) electrons. The van der Waals surface area contributed by atoms with E-state index in [0.717, 1.165) is 23.5 Å². The van der Waals surface area contributed by atoms with Crippen LogP contribution in [0.5, 0.6) is 5.75 Å². The number of pyridine rings is 1. The topological polar surface area (TPSA) is 78.9 Å². The van der Waals surface area contributed by atoms with Crippen molar-refractivity contribution < 1.29 is 4.74 Å². The predicted molar refractivity (Wildman–Crippen MR) is 95.4 cm³/mol. The number of aromatic nitrogens is 4. The van der Waals surface area contributed by atoms with Gasteiger partial charge in [-0.25, -0.2) is 4.68 Å². The van der Waals surface area contributed by atoms with Crippen LogP contribution in [-0.2, 0) is 6.42 Å². The van der Waals surface area contributed by atoms with Crippen LogP contribution in [0.1, 0.15) is 12.5 Å². The van der Waals surface area contributed by atoms with E-state index in [1.807, 2.05) is 43.3 Å². The van der Waals surface area contributed by atoms with Crippen molar-refractivity contribution in [1.29, 1.82) is 0 Å². The first kappa shape index (κ1) is 16.3. The summed E-state index contributed by atoms with van der Waals surface area (Å²) in [5.74, 6) is 8.49. The highest BCUT2D eigenvalue weighted by Gasteiger charge is 2.12. The number of benzene rings is 1. The highest BCUT2D eigenvalue weighted by atomic mass is 32.2. The van der Waals surface area contributed by atoms with Crippen LogP contribution in [0, 0.1) is 0 Å². The standard InChI is InChI=1S/C17H19N5OS/c1-2-23-15-5-3-14(4-6-15)16-20-21-17(22(16)18)24-12-9-13-7-10-19-11-8-13/h3-8,10-11H,2,9,12,18H2,1H3. The minimum Gasteiger partial charge on any atom is -0.494 e. The SMILES string of the molecule is CCOc1ccc(-c2nnc(SCCc3ccncc3)n2N)cc1. The third-order valence-electron chi connectivity index (χ3n) is 3.46. The van der Waals surface area contributed by atoms with Crippen LogP contribution in [0.4, 0.5) is 0 Å². The van der Waals surface area contributed by atoms with E-state index in [1.54, 1.807) is 24.2 Å². The Labute approximate surface area is 145 Å². The van der Waals surface area contributed by atoms with Gasteiger partial charge in [0.1, 0.15) is 5.75 Å². The van der Waals surface area contributed by atoms with E-state index in [2.05, 4.69) is 15.2 Å². The molecule has 0 aliphatic carbocycles. The van der Waals surface area contributed by atoms with Gasteiger partial charge in [-0.3, -0.25) is 4.98 Å². The smallest absolute Gasteiger partial charge is 0.210 e. The summed E-state index contributed by atoms with van der Waals surface area (Å²) in [5.41, 5.74) is 2.15. The molecule has 0 aliphatic heterocycles. The molecule has 0 bridgehead atoms. The van der Waals surface area contributed by atoms with E-state index in [1.165, 1.54) is 10.2 Å². The maximum Gasteiger partial charge on any atom is 0.210 e. The average molecular weight is 341 g/mol. The van der Waals surface area contributed by atoms with Gasteiger partial charge in [0, 0.05) is 23.7 Å². The number of hydrogen-bond donors (Lipinski definition) is 1. The third-order valence-corrected chi connectivity index (χ3v) is 4.40. The maximum absolute atomic E-state index is 6.14. The van der Waals surface area contributed by atoms with E-state index >= 15 is 0 Å². The largest absolute Gasteiger partial charge is 0.494 e. The lowest BCUT2D eigenvalue weighted by Crippen LogP contribution is -2.11. The summed E-state index contributed by atoms with van der Waals surface area (Å²) in [7, 11) is 0. The molecule has 0 atom stereocenters. The molecule has 0 saturated carbocycles. The molecule has 3 aromatic rings. The summed E-state index contributed by atoms with van der Waals surface area (Å²) in [5, 5.41) is 9.09. The van der Waals surface area contributed by atoms with Gasteiger partial charge in [0.2, 0.25) is 5.16 Å². The van der Waals surface area contributed by atoms with Gasteiger partial charge in [0.15, 0.2) is 5.82 Å². The Kier molecular flexibility index (Phi) is 5.32. The zero-order chi connectivity index (χ0) is 16.8. The molecule has 2 heterocycles. The molecule has 6 nitrogen and oxygen atoms in total. The van der Waals surface area contributed by atoms with Crippen molar-refractivity contribution in [3.05, 3.63) is 54.4 Å². The van der Waals surface area contributed by atoms with Gasteiger partial charge in [-0.05, 0) is 55.3 Å². The molecule has 1 aromatic carbocycles. The average Bonchev–Trinajstić information content (AvgIpc) is 2.98. The van der Waals surface area contributed by atoms with E-state index in [-0.39, 0.29) is 0 Å². The number of nitrogens with zero attached hydrogens (tertiary/aromatic N) is 4. The van der Waals surface area contributed by atoms with Crippen LogP contribution in [0.15, 0.2) is 53.9 Å². The van der Waals surface area contributed by atoms with Crippen LogP contribution in [-0.4, -0.2) is 32.2 Å². The number of hydrogen-bond acceptors (Lipinski definition) is 6. The molecule has 7 heteroatoms. The number of nitrogen functional groups attached to an aromatic ring is 1. The number of aryl methyl sites for hydroxylation is 1. The molecule has 0 saturated heterocycles. The van der Waals surface area contributed by atoms with Gasteiger partial charge in [-0.15, -0.1) is 10.2 Å². The minimum atomic E-state index is 0.643. The molecular weight excluding hydrogens is 322 g/mol. The number of rotatable bonds is 7. The highest BCUT2D eigenvalue weighted by Crippen LogP contribution is 2.24. The van der Waals surface area contributed by atoms with E-state index in [4.69, 9.17) is 10.6 Å². The Morgan fingerprint density at radius 2 is 1.83 bits per heavy atom. The second-order valence-corrected chi connectivity index (χ2v) is 6.15. The lowest BCUT2D eigenvalue weighted by molar-refractivity contribution is 0.340. The Morgan fingerprint density at radius 3 is 2.54 bits per heavy atom. The van der Waals surface area contributed by atoms with Crippen molar-refractivity contribution in [2.75, 3.05) is 18.2 Å². The Bertz CT molecular complexity index is 773. The maximum atomic E-state index is 6.14. The Balaban J connectivity index is 1.65. The molecule has 0 aliphatic rings. The van der Waals surface area contributed by atoms with Crippen molar-refractivity contribution in [2.24, 2.45) is 0 Å². The van der Waals surface area contributed by atoms with Gasteiger partial charge < -0.3 is 10.6 Å². The first-order chi connectivity index (χ1) is 11.8. The fourth-order valence-electron chi connectivity index (χ4n) is 2.25. The van der Waals surface area contributed by atoms with Gasteiger partial charge in [0.25, 0.3) is 0 Å². The fraction of sp³-hybridized carbons (Fsp3) is 0.235. The van der Waals surface area contributed by atoms with Gasteiger partial charge >= 0.3 is 0 Å². The molecular formula is C17H19N5OS. The van der Waals surface area contributed by atoms with Crippen LogP contribution >= 0.6 is 11.8 Å². The van der Waals surface area contributed by atoms with E-state index in [0.29, 0.717) is 17.6 Å². The molecule has 2 aromatic heterocycles. The quantitative estimate of drug-likeness (QED) is 0.526. The second kappa shape index (κ2) is 7.83. The summed E-state index contributed by atoms with van der Waals surface area (Å²) < 4.78 is 6.98. The third kappa shape index (κ3) is 3.86. The second-order valence-electron chi connectivity index (χ2n) is 5.09. The van der Waals surface area contributed by atoms with Crippen LogP contribution < -0.4 is 10.6 Å². The predicted octanol–water partition coefficient (Wildman–Crippen LogP) is 2.79. The lowest BCUT2D eigenvalue weighted by Gasteiger charge is -2.06. The van der Waals surface area contributed by atoms with Crippen LogP contribution in [0.2, 0.25) is 0 Å². The molecule has 0 amide bonds. The normalized spacial score (nSPS) is 10.7. The first-order valence-electron chi connectivity index (χ1n) is 7.73. The van der Waals surface area contributed by atoms with Gasteiger partial charge in [-0.2, -0.15) is 0 Å². The molecule has 0 spiro atoms. The Morgan fingerprint density at radius 1 is 1.08 bits per heavy atom. The van der Waals surface area contributed by atoms with Crippen molar-refractivity contribution in [3.63, 3.8) is 0 Å². The molecule has 124 valence electrons. The molecule has 2 N–H and O–H groups in total. The van der Waals surface area contributed by atoms with E-state index in [9.17, 15) is 0 Å². The van der Waals surface area contributed by atoms with Crippen molar-refractivity contribution >= 4 is 11.8 Å². The van der Waals surface area contributed by atoms with Gasteiger partial charge in [-0.1, -0.05) is 11.8 Å². The lowest BCUT2D eigenvalue weighted by atomic mass is 10.2. The summed E-state index contributed by atoms with van der Waals surface area (Å²) >= 11 is 1.59. The van der Waals surface area contributed by atoms with Crippen LogP contribution in [0.3, 0.4) is 0 Å². The molecule has 0 fully saturated rings. The van der Waals surface area contributed by atoms with Crippen molar-refractivity contribution in [1.82, 2.24) is 19.9 Å². The Hall–Kier alpha value is -2.54. The summed E-state index contributed by atoms with van der Waals surface area (Å²) in [6.45, 7) is 2.60. The van der Waals surface area contributed by atoms with Crippen molar-refractivity contribution in [2.45, 2.75) is 18.5 Å².